The van der Waals surface area contributed by atoms with Gasteiger partial charge in [0.05, 0.1) is 4.75 Å². The van der Waals surface area contributed by atoms with Gasteiger partial charge >= 0.3 is 0 Å². The van der Waals surface area contributed by atoms with E-state index in [-0.39, 0.29) is 10.7 Å². The third-order valence-corrected chi connectivity index (χ3v) is 7.85. The van der Waals surface area contributed by atoms with E-state index in [0.717, 1.165) is 31.3 Å². The monoisotopic (exact) mass is 372 g/mol. The number of hydrogen-bond acceptors (Lipinski definition) is 2. The molecule has 96 valence electrons. The van der Waals surface area contributed by atoms with Crippen molar-refractivity contribution in [2.45, 2.75) is 44.3 Å². The molecule has 2 atom stereocenters. The minimum Gasteiger partial charge on any atom is -0.294 e. The van der Waals surface area contributed by atoms with Crippen LogP contribution in [0.2, 0.25) is 0 Å². The van der Waals surface area contributed by atoms with Crippen molar-refractivity contribution >= 4 is 35.9 Å². The smallest absolute Gasteiger partial charge is 0.164 e. The molecule has 0 bridgehead atoms. The standard InChI is InChI=1S/C15H17IOS/c1-9-3-5-11-13(7-9)15(18-16)8-10(2)4-6-12(15)14(11)17/h3-4,12H,5-8H2,1-2H3/t12-,15+/m0/s1. The first kappa shape index (κ1) is 13.0. The summed E-state index contributed by atoms with van der Waals surface area (Å²) in [6.07, 6.45) is 8.39. The average Bonchev–Trinajstić information content (AvgIpc) is 2.59. The number of carbonyl (C=O) groups is 1. The molecule has 0 heterocycles. The van der Waals surface area contributed by atoms with Gasteiger partial charge in [0.2, 0.25) is 0 Å². The number of halogens is 1. The summed E-state index contributed by atoms with van der Waals surface area (Å²) >= 11 is 2.41. The molecular formula is C15H17IOS. The second-order valence-corrected chi connectivity index (χ2v) is 7.94. The van der Waals surface area contributed by atoms with E-state index in [9.17, 15) is 4.79 Å². The Kier molecular flexibility index (Phi) is 3.25. The Labute approximate surface area is 125 Å². The molecular weight excluding hydrogens is 355 g/mol. The third kappa shape index (κ3) is 1.69. The maximum absolute atomic E-state index is 12.6. The lowest BCUT2D eigenvalue weighted by Crippen LogP contribution is -2.37. The van der Waals surface area contributed by atoms with E-state index < -0.39 is 0 Å². The lowest BCUT2D eigenvalue weighted by Gasteiger charge is -2.38. The van der Waals surface area contributed by atoms with Crippen LogP contribution >= 0.6 is 30.1 Å². The van der Waals surface area contributed by atoms with Crippen LogP contribution in [0.5, 0.6) is 0 Å². The molecule has 0 fully saturated rings. The van der Waals surface area contributed by atoms with Gasteiger partial charge in [0, 0.05) is 11.5 Å². The minimum absolute atomic E-state index is 0.0708. The number of carbonyl (C=O) groups excluding carboxylic acids is 1. The van der Waals surface area contributed by atoms with E-state index in [1.807, 2.05) is 8.93 Å². The molecule has 0 spiro atoms. The second-order valence-electron chi connectivity index (χ2n) is 5.73. The first-order chi connectivity index (χ1) is 8.58. The van der Waals surface area contributed by atoms with Crippen LogP contribution in [0.15, 0.2) is 34.4 Å². The molecule has 3 aliphatic carbocycles. The van der Waals surface area contributed by atoms with Crippen molar-refractivity contribution in [2.24, 2.45) is 5.92 Å². The summed E-state index contributed by atoms with van der Waals surface area (Å²) in [5.41, 5.74) is 5.46. The highest BCUT2D eigenvalue weighted by atomic mass is 127. The molecule has 18 heavy (non-hydrogen) atoms. The topological polar surface area (TPSA) is 17.1 Å². The van der Waals surface area contributed by atoms with Crippen molar-refractivity contribution in [1.29, 1.82) is 0 Å². The highest BCUT2D eigenvalue weighted by Gasteiger charge is 2.54. The van der Waals surface area contributed by atoms with Crippen LogP contribution in [0.25, 0.3) is 0 Å². The van der Waals surface area contributed by atoms with Gasteiger partial charge in [0.15, 0.2) is 5.78 Å². The van der Waals surface area contributed by atoms with Crippen molar-refractivity contribution < 1.29 is 4.79 Å². The number of ketones is 1. The molecule has 3 aliphatic rings. The molecule has 0 amide bonds. The van der Waals surface area contributed by atoms with Gasteiger partial charge in [0.1, 0.15) is 0 Å². The summed E-state index contributed by atoms with van der Waals surface area (Å²) in [5.74, 6) is 0.633. The number of hydrogen-bond donors (Lipinski definition) is 0. The minimum atomic E-state index is 0.0708. The predicted molar refractivity (Wildman–Crippen MR) is 85.8 cm³/mol. The summed E-state index contributed by atoms with van der Waals surface area (Å²) in [6.45, 7) is 4.40. The highest BCUT2D eigenvalue weighted by Crippen LogP contribution is 2.59. The molecule has 0 saturated carbocycles. The molecule has 0 aromatic heterocycles. The molecule has 3 heteroatoms. The Morgan fingerprint density at radius 1 is 1.33 bits per heavy atom. The van der Waals surface area contributed by atoms with E-state index in [2.05, 4.69) is 47.2 Å². The highest BCUT2D eigenvalue weighted by molar-refractivity contribution is 14.2. The van der Waals surface area contributed by atoms with Crippen LogP contribution in [0, 0.1) is 5.92 Å². The normalized spacial score (nSPS) is 35.1. The fraction of sp³-hybridized carbons (Fsp3) is 0.533. The van der Waals surface area contributed by atoms with Gasteiger partial charge in [-0.1, -0.05) is 32.2 Å². The number of fused-ring (bicyclic) bond motifs is 2. The molecule has 0 saturated heterocycles. The fourth-order valence-corrected chi connectivity index (χ4v) is 6.67. The Morgan fingerprint density at radius 3 is 2.83 bits per heavy atom. The van der Waals surface area contributed by atoms with Crippen LogP contribution in [0.3, 0.4) is 0 Å². The van der Waals surface area contributed by atoms with Crippen molar-refractivity contribution in [1.82, 2.24) is 0 Å². The lowest BCUT2D eigenvalue weighted by molar-refractivity contribution is -0.118. The summed E-state index contributed by atoms with van der Waals surface area (Å²) < 4.78 is 0.0708. The molecule has 0 unspecified atom stereocenters. The molecule has 3 rings (SSSR count). The van der Waals surface area contributed by atoms with Gasteiger partial charge in [-0.25, -0.2) is 0 Å². The molecule has 1 nitrogen and oxygen atoms in total. The summed E-state index contributed by atoms with van der Waals surface area (Å²) in [6, 6.07) is 0. The predicted octanol–water partition coefficient (Wildman–Crippen LogP) is 4.78. The zero-order valence-electron chi connectivity index (χ0n) is 10.8. The van der Waals surface area contributed by atoms with E-state index in [0.29, 0.717) is 5.78 Å². The van der Waals surface area contributed by atoms with Crippen LogP contribution in [0.1, 0.15) is 39.5 Å². The van der Waals surface area contributed by atoms with Gasteiger partial charge < -0.3 is 0 Å². The molecule has 0 aromatic rings. The average molecular weight is 372 g/mol. The summed E-state index contributed by atoms with van der Waals surface area (Å²) in [7, 11) is 1.88. The SMILES string of the molecule is CC1=CCC2=C(C1)[C@@]1(SI)CC(C)=CC[C@H]1C2=O. The van der Waals surface area contributed by atoms with Crippen LogP contribution in [0.4, 0.5) is 0 Å². The number of allylic oxidation sites excluding steroid dienone is 5. The maximum Gasteiger partial charge on any atom is 0.164 e. The van der Waals surface area contributed by atoms with Crippen molar-refractivity contribution in [3.05, 3.63) is 34.4 Å². The fourth-order valence-electron chi connectivity index (χ4n) is 3.60. The van der Waals surface area contributed by atoms with E-state index in [1.165, 1.54) is 16.7 Å². The van der Waals surface area contributed by atoms with Crippen LogP contribution < -0.4 is 0 Å². The van der Waals surface area contributed by atoms with E-state index in [4.69, 9.17) is 0 Å². The Hall–Kier alpha value is -0.0300. The van der Waals surface area contributed by atoms with E-state index in [1.54, 1.807) is 0 Å². The number of rotatable bonds is 1. The Morgan fingerprint density at radius 2 is 2.11 bits per heavy atom. The zero-order valence-corrected chi connectivity index (χ0v) is 13.7. The summed E-state index contributed by atoms with van der Waals surface area (Å²) in [4.78, 5) is 12.6. The second kappa shape index (κ2) is 4.51. The van der Waals surface area contributed by atoms with Gasteiger partial charge in [-0.05, 0) is 66.3 Å². The molecule has 0 aromatic carbocycles. The zero-order chi connectivity index (χ0) is 12.9. The van der Waals surface area contributed by atoms with Crippen molar-refractivity contribution in [2.75, 3.05) is 0 Å². The molecule has 0 aliphatic heterocycles. The first-order valence-electron chi connectivity index (χ1n) is 6.46. The van der Waals surface area contributed by atoms with Crippen LogP contribution in [-0.2, 0) is 4.79 Å². The van der Waals surface area contributed by atoms with Gasteiger partial charge in [-0.2, -0.15) is 0 Å². The van der Waals surface area contributed by atoms with Gasteiger partial charge in [0.25, 0.3) is 0 Å². The maximum atomic E-state index is 12.6. The first-order valence-corrected chi connectivity index (χ1v) is 9.82. The van der Waals surface area contributed by atoms with Gasteiger partial charge in [-0.15, -0.1) is 0 Å². The third-order valence-electron chi connectivity index (χ3n) is 4.54. The van der Waals surface area contributed by atoms with Gasteiger partial charge in [-0.3, -0.25) is 4.79 Å². The Bertz CT molecular complexity index is 515. The molecule has 0 N–H and O–H groups in total. The number of Topliss-reactive ketones (excluding diaryl/α,β-unsaturated/α-hetero) is 1. The van der Waals surface area contributed by atoms with Crippen molar-refractivity contribution in [3.63, 3.8) is 0 Å². The summed E-state index contributed by atoms with van der Waals surface area (Å²) in [5, 5.41) is 0. The van der Waals surface area contributed by atoms with E-state index >= 15 is 0 Å². The van der Waals surface area contributed by atoms with Crippen molar-refractivity contribution in [3.8, 4) is 0 Å². The quantitative estimate of drug-likeness (QED) is 0.487. The largest absolute Gasteiger partial charge is 0.294 e. The van der Waals surface area contributed by atoms with Crippen LogP contribution in [-0.4, -0.2) is 10.5 Å². The Balaban J connectivity index is 2.09. The molecule has 0 radical (unpaired) electrons. The lowest BCUT2D eigenvalue weighted by atomic mass is 9.76.